The Morgan fingerprint density at radius 2 is 2.21 bits per heavy atom. The third kappa shape index (κ3) is 3.67. The van der Waals surface area contributed by atoms with Crippen LogP contribution in [0.3, 0.4) is 0 Å². The number of aromatic hydroxyl groups is 1. The van der Waals surface area contributed by atoms with E-state index in [1.165, 1.54) is 13.2 Å². The van der Waals surface area contributed by atoms with Gasteiger partial charge in [0.1, 0.15) is 5.75 Å². The number of benzene rings is 1. The molecule has 0 aliphatic heterocycles. The largest absolute Gasteiger partial charge is 0.507 e. The first-order chi connectivity index (χ1) is 6.13. The highest BCUT2D eigenvalue weighted by Crippen LogP contribution is 2.24. The fourth-order valence-corrected chi connectivity index (χ4v) is 1.33. The molecule has 0 saturated carbocycles. The summed E-state index contributed by atoms with van der Waals surface area (Å²) >= 11 is 3.16. The molecule has 0 amide bonds. The molecule has 5 heteroatoms. The van der Waals surface area contributed by atoms with Crippen molar-refractivity contribution >= 4 is 38.9 Å². The molecule has 0 aromatic heterocycles. The standard InChI is InChI=1S/C9H9BrO3.BrH/c1-13-9(12)5-6-2-3-8(11)7(10)4-6;/h2-4,11H,5H2,1H3;1H. The maximum Gasteiger partial charge on any atom is 0.309 e. The molecule has 0 aliphatic carbocycles. The van der Waals surface area contributed by atoms with Crippen LogP contribution in [0.2, 0.25) is 0 Å². The van der Waals surface area contributed by atoms with E-state index >= 15 is 0 Å². The lowest BCUT2D eigenvalue weighted by Crippen LogP contribution is -2.04. The zero-order valence-corrected chi connectivity index (χ0v) is 10.8. The zero-order valence-electron chi connectivity index (χ0n) is 7.49. The third-order valence-corrected chi connectivity index (χ3v) is 2.22. The van der Waals surface area contributed by atoms with Gasteiger partial charge in [-0.05, 0) is 33.6 Å². The molecule has 0 atom stereocenters. The highest BCUT2D eigenvalue weighted by molar-refractivity contribution is 9.10. The summed E-state index contributed by atoms with van der Waals surface area (Å²) < 4.78 is 5.09. The van der Waals surface area contributed by atoms with Crippen LogP contribution in [0, 0.1) is 0 Å². The van der Waals surface area contributed by atoms with Gasteiger partial charge in [-0.1, -0.05) is 6.07 Å². The van der Waals surface area contributed by atoms with Crippen LogP contribution in [0.1, 0.15) is 5.56 Å². The predicted octanol–water partition coefficient (Wildman–Crippen LogP) is 2.45. The number of phenols is 1. The summed E-state index contributed by atoms with van der Waals surface area (Å²) in [5, 5.41) is 9.17. The molecule has 0 fully saturated rings. The Morgan fingerprint density at radius 1 is 1.57 bits per heavy atom. The summed E-state index contributed by atoms with van der Waals surface area (Å²) in [5.41, 5.74) is 0.802. The molecule has 0 unspecified atom stereocenters. The van der Waals surface area contributed by atoms with Gasteiger partial charge in [0.05, 0.1) is 18.0 Å². The number of carbonyl (C=O) groups is 1. The second-order valence-corrected chi connectivity index (χ2v) is 3.39. The Bertz CT molecular complexity index is 326. The van der Waals surface area contributed by atoms with E-state index in [4.69, 9.17) is 0 Å². The molecule has 78 valence electrons. The molecule has 0 heterocycles. The average molecular weight is 326 g/mol. The van der Waals surface area contributed by atoms with Crippen molar-refractivity contribution in [2.75, 3.05) is 7.11 Å². The van der Waals surface area contributed by atoms with Crippen molar-refractivity contribution in [2.45, 2.75) is 6.42 Å². The number of carbonyl (C=O) groups excluding carboxylic acids is 1. The number of ether oxygens (including phenoxy) is 1. The monoisotopic (exact) mass is 324 g/mol. The fraction of sp³-hybridized carbons (Fsp3) is 0.222. The van der Waals surface area contributed by atoms with E-state index in [-0.39, 0.29) is 35.1 Å². The molecule has 1 aromatic rings. The van der Waals surface area contributed by atoms with E-state index in [1.807, 2.05) is 0 Å². The van der Waals surface area contributed by atoms with Crippen LogP contribution in [0.4, 0.5) is 0 Å². The molecule has 14 heavy (non-hydrogen) atoms. The molecule has 0 aliphatic rings. The number of rotatable bonds is 2. The summed E-state index contributed by atoms with van der Waals surface area (Å²) in [7, 11) is 1.35. The number of esters is 1. The number of phenolic OH excluding ortho intramolecular Hbond substituents is 1. The summed E-state index contributed by atoms with van der Waals surface area (Å²) in [4.78, 5) is 10.9. The maximum absolute atomic E-state index is 10.9. The minimum absolute atomic E-state index is 0. The van der Waals surface area contributed by atoms with Crippen LogP contribution in [0.15, 0.2) is 22.7 Å². The molecule has 1 aromatic carbocycles. The lowest BCUT2D eigenvalue weighted by Gasteiger charge is -2.01. The first-order valence-corrected chi connectivity index (χ1v) is 4.47. The van der Waals surface area contributed by atoms with E-state index in [1.54, 1.807) is 12.1 Å². The van der Waals surface area contributed by atoms with Crippen LogP contribution in [0.25, 0.3) is 0 Å². The van der Waals surface area contributed by atoms with E-state index < -0.39 is 0 Å². The second kappa shape index (κ2) is 6.03. The molecular weight excluding hydrogens is 316 g/mol. The summed E-state index contributed by atoms with van der Waals surface area (Å²) in [5.74, 6) is -0.133. The smallest absolute Gasteiger partial charge is 0.309 e. The summed E-state index contributed by atoms with van der Waals surface area (Å²) in [6.07, 6.45) is 0.218. The van der Waals surface area contributed by atoms with Crippen LogP contribution in [-0.2, 0) is 16.0 Å². The highest BCUT2D eigenvalue weighted by atomic mass is 79.9. The number of hydrogen-bond donors (Lipinski definition) is 1. The van der Waals surface area contributed by atoms with Crippen molar-refractivity contribution in [2.24, 2.45) is 0 Å². The number of methoxy groups -OCH3 is 1. The molecule has 3 nitrogen and oxygen atoms in total. The van der Waals surface area contributed by atoms with Crippen LogP contribution < -0.4 is 0 Å². The van der Waals surface area contributed by atoms with Crippen molar-refractivity contribution < 1.29 is 14.6 Å². The molecule has 0 radical (unpaired) electrons. The van der Waals surface area contributed by atoms with Crippen molar-refractivity contribution in [3.8, 4) is 5.75 Å². The summed E-state index contributed by atoms with van der Waals surface area (Å²) in [6.45, 7) is 0. The third-order valence-electron chi connectivity index (χ3n) is 1.59. The van der Waals surface area contributed by atoms with Crippen molar-refractivity contribution in [1.29, 1.82) is 0 Å². The summed E-state index contributed by atoms with van der Waals surface area (Å²) in [6, 6.07) is 4.89. The second-order valence-electron chi connectivity index (χ2n) is 2.54. The predicted molar refractivity (Wildman–Crippen MR) is 61.8 cm³/mol. The molecule has 0 saturated heterocycles. The van der Waals surface area contributed by atoms with Crippen LogP contribution in [-0.4, -0.2) is 18.2 Å². The minimum atomic E-state index is -0.294. The first kappa shape index (κ1) is 13.4. The van der Waals surface area contributed by atoms with Gasteiger partial charge in [0.25, 0.3) is 0 Å². The van der Waals surface area contributed by atoms with E-state index in [2.05, 4.69) is 20.7 Å². The first-order valence-electron chi connectivity index (χ1n) is 3.67. The Labute approximate surface area is 101 Å². The highest BCUT2D eigenvalue weighted by Gasteiger charge is 2.04. The minimum Gasteiger partial charge on any atom is -0.507 e. The lowest BCUT2D eigenvalue weighted by atomic mass is 10.1. The van der Waals surface area contributed by atoms with Crippen LogP contribution in [0.5, 0.6) is 5.75 Å². The van der Waals surface area contributed by atoms with Gasteiger partial charge >= 0.3 is 5.97 Å². The number of hydrogen-bond acceptors (Lipinski definition) is 3. The van der Waals surface area contributed by atoms with Gasteiger partial charge in [-0.2, -0.15) is 0 Å². The van der Waals surface area contributed by atoms with Crippen molar-refractivity contribution in [1.82, 2.24) is 0 Å². The molecule has 0 spiro atoms. The molecule has 1 rings (SSSR count). The van der Waals surface area contributed by atoms with E-state index in [0.717, 1.165) is 5.56 Å². The van der Waals surface area contributed by atoms with Gasteiger partial charge in [-0.15, -0.1) is 17.0 Å². The van der Waals surface area contributed by atoms with Crippen molar-refractivity contribution in [3.05, 3.63) is 28.2 Å². The molecule has 1 N–H and O–H groups in total. The van der Waals surface area contributed by atoms with E-state index in [9.17, 15) is 9.90 Å². The van der Waals surface area contributed by atoms with Crippen LogP contribution >= 0.6 is 32.9 Å². The number of halogens is 2. The molecule has 0 bridgehead atoms. The lowest BCUT2D eigenvalue weighted by molar-refractivity contribution is -0.139. The van der Waals surface area contributed by atoms with Crippen molar-refractivity contribution in [3.63, 3.8) is 0 Å². The Morgan fingerprint density at radius 3 is 2.71 bits per heavy atom. The normalized spacial score (nSPS) is 9.00. The molecular formula is C9H10Br2O3. The zero-order chi connectivity index (χ0) is 9.84. The Hall–Kier alpha value is -0.550. The van der Waals surface area contributed by atoms with Gasteiger partial charge in [-0.3, -0.25) is 4.79 Å². The van der Waals surface area contributed by atoms with Gasteiger partial charge in [-0.25, -0.2) is 0 Å². The van der Waals surface area contributed by atoms with Gasteiger partial charge in [0.2, 0.25) is 0 Å². The fourth-order valence-electron chi connectivity index (χ4n) is 0.899. The topological polar surface area (TPSA) is 46.5 Å². The van der Waals surface area contributed by atoms with Gasteiger partial charge in [0.15, 0.2) is 0 Å². The maximum atomic E-state index is 10.9. The quantitative estimate of drug-likeness (QED) is 0.850. The average Bonchev–Trinajstić information content (AvgIpc) is 2.11. The van der Waals surface area contributed by atoms with E-state index in [0.29, 0.717) is 4.47 Å². The van der Waals surface area contributed by atoms with Gasteiger partial charge < -0.3 is 9.84 Å². The Kier molecular flexibility index (Phi) is 5.79. The Balaban J connectivity index is 0.00000169. The van der Waals surface area contributed by atoms with Gasteiger partial charge in [0, 0.05) is 0 Å². The SMILES string of the molecule is Br.COC(=O)Cc1ccc(O)c(Br)c1.